The number of carbonyl (C=O) groups is 1. The molecule has 1 aromatic carbocycles. The summed E-state index contributed by atoms with van der Waals surface area (Å²) in [7, 11) is 1.67. The summed E-state index contributed by atoms with van der Waals surface area (Å²) in [6, 6.07) is 8.26. The number of hydrogen-bond donors (Lipinski definition) is 2. The summed E-state index contributed by atoms with van der Waals surface area (Å²) in [6.07, 6.45) is 2.74. The Labute approximate surface area is 120 Å². The van der Waals surface area contributed by atoms with E-state index in [9.17, 15) is 4.79 Å². The first kappa shape index (κ1) is 15.0. The molecule has 1 aliphatic rings. The van der Waals surface area contributed by atoms with Gasteiger partial charge in [0.2, 0.25) is 5.91 Å². The molecule has 20 heavy (non-hydrogen) atoms. The zero-order valence-corrected chi connectivity index (χ0v) is 12.3. The molecule has 2 rings (SSSR count). The van der Waals surface area contributed by atoms with Crippen molar-refractivity contribution in [2.45, 2.75) is 44.8 Å². The van der Waals surface area contributed by atoms with Gasteiger partial charge in [0, 0.05) is 13.7 Å². The van der Waals surface area contributed by atoms with Crippen LogP contribution >= 0.6 is 0 Å². The first-order valence-corrected chi connectivity index (χ1v) is 7.34. The predicted octanol–water partition coefficient (Wildman–Crippen LogP) is 1.63. The normalized spacial score (nSPS) is 19.2. The van der Waals surface area contributed by atoms with Crippen LogP contribution in [-0.2, 0) is 22.5 Å². The van der Waals surface area contributed by atoms with Gasteiger partial charge in [-0.25, -0.2) is 0 Å². The van der Waals surface area contributed by atoms with Crippen LogP contribution < -0.4 is 10.6 Å². The summed E-state index contributed by atoms with van der Waals surface area (Å²) in [5.74, 6) is 0.0787. The second-order valence-corrected chi connectivity index (χ2v) is 5.36. The van der Waals surface area contributed by atoms with Gasteiger partial charge in [-0.1, -0.05) is 37.6 Å². The fourth-order valence-corrected chi connectivity index (χ4v) is 2.69. The molecule has 4 nitrogen and oxygen atoms in total. The van der Waals surface area contributed by atoms with E-state index in [1.54, 1.807) is 7.11 Å². The highest BCUT2D eigenvalue weighted by Gasteiger charge is 2.25. The van der Waals surface area contributed by atoms with Crippen LogP contribution in [0, 0.1) is 0 Å². The maximum absolute atomic E-state index is 12.3. The minimum absolute atomic E-state index is 0.0787. The number of nitrogens with one attached hydrogen (secondary N) is 2. The average molecular weight is 276 g/mol. The Kier molecular flexibility index (Phi) is 5.56. The molecule has 2 atom stereocenters. The third kappa shape index (κ3) is 3.81. The number of fused-ring (bicyclic) bond motifs is 1. The number of ether oxygens (including phenoxy) is 1. The summed E-state index contributed by atoms with van der Waals surface area (Å²) in [6.45, 7) is 3.45. The number of rotatable bonds is 6. The maximum Gasteiger partial charge on any atom is 0.237 e. The van der Waals surface area contributed by atoms with Crippen LogP contribution in [-0.4, -0.2) is 31.7 Å². The van der Waals surface area contributed by atoms with Crippen molar-refractivity contribution in [3.8, 4) is 0 Å². The van der Waals surface area contributed by atoms with Crippen molar-refractivity contribution in [1.82, 2.24) is 10.6 Å². The monoisotopic (exact) mass is 276 g/mol. The van der Waals surface area contributed by atoms with Gasteiger partial charge in [-0.2, -0.15) is 0 Å². The molecule has 1 heterocycles. The van der Waals surface area contributed by atoms with Gasteiger partial charge >= 0.3 is 0 Å². The summed E-state index contributed by atoms with van der Waals surface area (Å²) >= 11 is 0. The summed E-state index contributed by atoms with van der Waals surface area (Å²) < 4.78 is 5.17. The number of hydrogen-bond acceptors (Lipinski definition) is 3. The Morgan fingerprint density at radius 1 is 1.45 bits per heavy atom. The number of amides is 1. The third-order valence-electron chi connectivity index (χ3n) is 3.75. The molecule has 0 aliphatic carbocycles. The minimum Gasteiger partial charge on any atom is -0.383 e. The summed E-state index contributed by atoms with van der Waals surface area (Å²) in [4.78, 5) is 12.3. The molecule has 0 radical (unpaired) electrons. The van der Waals surface area contributed by atoms with Crippen LogP contribution in [0.4, 0.5) is 0 Å². The lowest BCUT2D eigenvalue weighted by Gasteiger charge is -2.27. The largest absolute Gasteiger partial charge is 0.383 e. The first-order chi connectivity index (χ1) is 9.74. The molecule has 0 fully saturated rings. The molecule has 0 bridgehead atoms. The molecule has 4 heteroatoms. The van der Waals surface area contributed by atoms with Crippen molar-refractivity contribution < 1.29 is 9.53 Å². The predicted molar refractivity (Wildman–Crippen MR) is 79.5 cm³/mol. The first-order valence-electron chi connectivity index (χ1n) is 7.34. The third-order valence-corrected chi connectivity index (χ3v) is 3.75. The highest BCUT2D eigenvalue weighted by atomic mass is 16.5. The van der Waals surface area contributed by atoms with E-state index in [-0.39, 0.29) is 18.0 Å². The Morgan fingerprint density at radius 2 is 2.20 bits per heavy atom. The van der Waals surface area contributed by atoms with Crippen molar-refractivity contribution in [2.24, 2.45) is 0 Å². The van der Waals surface area contributed by atoms with Crippen molar-refractivity contribution in [2.75, 3.05) is 13.7 Å². The molecule has 1 unspecified atom stereocenters. The van der Waals surface area contributed by atoms with Crippen LogP contribution in [0.3, 0.4) is 0 Å². The van der Waals surface area contributed by atoms with Gasteiger partial charge in [-0.15, -0.1) is 0 Å². The molecule has 0 spiro atoms. The van der Waals surface area contributed by atoms with E-state index < -0.39 is 0 Å². The fraction of sp³-hybridized carbons (Fsp3) is 0.562. The Balaban J connectivity index is 1.93. The van der Waals surface area contributed by atoms with E-state index in [2.05, 4.69) is 29.7 Å². The van der Waals surface area contributed by atoms with Crippen molar-refractivity contribution in [3.05, 3.63) is 35.4 Å². The van der Waals surface area contributed by atoms with E-state index in [0.29, 0.717) is 6.61 Å². The number of carbonyl (C=O) groups excluding carboxylic acids is 1. The van der Waals surface area contributed by atoms with E-state index in [1.807, 2.05) is 12.1 Å². The molecule has 1 amide bonds. The zero-order chi connectivity index (χ0) is 14.4. The topological polar surface area (TPSA) is 50.4 Å². The van der Waals surface area contributed by atoms with Gasteiger partial charge < -0.3 is 15.4 Å². The van der Waals surface area contributed by atoms with Crippen LogP contribution in [0.25, 0.3) is 0 Å². The smallest absolute Gasteiger partial charge is 0.237 e. The molecule has 0 aromatic heterocycles. The van der Waals surface area contributed by atoms with Crippen LogP contribution in [0.15, 0.2) is 24.3 Å². The van der Waals surface area contributed by atoms with Gasteiger partial charge in [0.1, 0.15) is 0 Å². The summed E-state index contributed by atoms with van der Waals surface area (Å²) in [5.41, 5.74) is 2.56. The van der Waals surface area contributed by atoms with E-state index in [0.717, 1.165) is 25.8 Å². The second-order valence-electron chi connectivity index (χ2n) is 5.36. The highest BCUT2D eigenvalue weighted by molar-refractivity contribution is 5.82. The van der Waals surface area contributed by atoms with Gasteiger partial charge in [0.25, 0.3) is 0 Å². The van der Waals surface area contributed by atoms with Gasteiger partial charge in [0.15, 0.2) is 0 Å². The Hall–Kier alpha value is -1.39. The molecule has 1 aliphatic heterocycles. The fourth-order valence-electron chi connectivity index (χ4n) is 2.69. The lowest BCUT2D eigenvalue weighted by Crippen LogP contribution is -2.51. The quantitative estimate of drug-likeness (QED) is 0.830. The lowest BCUT2D eigenvalue weighted by molar-refractivity contribution is -0.124. The Bertz CT molecular complexity index is 442. The van der Waals surface area contributed by atoms with Gasteiger partial charge in [-0.3, -0.25) is 4.79 Å². The molecule has 0 saturated heterocycles. The number of methoxy groups -OCH3 is 1. The summed E-state index contributed by atoms with van der Waals surface area (Å²) in [5, 5.41) is 6.40. The standard InChI is InChI=1S/C16H24N2O2/c1-3-6-14(11-20-2)18-16(19)15-9-12-7-4-5-8-13(12)10-17-15/h4-5,7-8,14-15,17H,3,6,9-11H2,1-2H3,(H,18,19)/t14?,15-/m1/s1. The van der Waals surface area contributed by atoms with E-state index in [1.165, 1.54) is 11.1 Å². The minimum atomic E-state index is -0.138. The SMILES string of the molecule is CCCC(COC)NC(=O)[C@H]1Cc2ccccc2CN1. The van der Waals surface area contributed by atoms with Crippen molar-refractivity contribution >= 4 is 5.91 Å². The van der Waals surface area contributed by atoms with Crippen LogP contribution in [0.1, 0.15) is 30.9 Å². The highest BCUT2D eigenvalue weighted by Crippen LogP contribution is 2.16. The van der Waals surface area contributed by atoms with Crippen molar-refractivity contribution in [3.63, 3.8) is 0 Å². The van der Waals surface area contributed by atoms with E-state index >= 15 is 0 Å². The van der Waals surface area contributed by atoms with Gasteiger partial charge in [-0.05, 0) is 24.0 Å². The van der Waals surface area contributed by atoms with Crippen LogP contribution in [0.2, 0.25) is 0 Å². The molecular formula is C16H24N2O2. The molecule has 0 saturated carbocycles. The van der Waals surface area contributed by atoms with Crippen molar-refractivity contribution in [1.29, 1.82) is 0 Å². The average Bonchev–Trinajstić information content (AvgIpc) is 2.47. The molecule has 110 valence electrons. The number of benzene rings is 1. The lowest BCUT2D eigenvalue weighted by atomic mass is 9.95. The maximum atomic E-state index is 12.3. The van der Waals surface area contributed by atoms with E-state index in [4.69, 9.17) is 4.74 Å². The van der Waals surface area contributed by atoms with Crippen LogP contribution in [0.5, 0.6) is 0 Å². The molecular weight excluding hydrogens is 252 g/mol. The molecule has 2 N–H and O–H groups in total. The second kappa shape index (κ2) is 7.41. The molecule has 1 aromatic rings. The Morgan fingerprint density at radius 3 is 2.90 bits per heavy atom. The zero-order valence-electron chi connectivity index (χ0n) is 12.3. The van der Waals surface area contributed by atoms with Gasteiger partial charge in [0.05, 0.1) is 18.7 Å².